The summed E-state index contributed by atoms with van der Waals surface area (Å²) in [5.74, 6) is -0.485. The fourth-order valence-corrected chi connectivity index (χ4v) is 3.10. The van der Waals surface area contributed by atoms with E-state index >= 15 is 0 Å². The average molecular weight is 346 g/mol. The molecule has 1 fully saturated rings. The van der Waals surface area contributed by atoms with Crippen LogP contribution >= 0.6 is 11.6 Å². The molecule has 1 aromatic heterocycles. The van der Waals surface area contributed by atoms with Crippen LogP contribution < -0.4 is 5.32 Å². The molecule has 8 heteroatoms. The van der Waals surface area contributed by atoms with E-state index in [-0.39, 0.29) is 35.5 Å². The van der Waals surface area contributed by atoms with Crippen molar-refractivity contribution in [1.82, 2.24) is 9.88 Å². The molecular weight excluding hydrogens is 325 g/mol. The Morgan fingerprint density at radius 1 is 1.52 bits per heavy atom. The third-order valence-corrected chi connectivity index (χ3v) is 4.40. The SMILES string of the molecule is O=C(O)N1CCCCC1CCNc1ncc(Cl)c(CCO)c1F. The molecule has 0 aromatic carbocycles. The molecule has 2 rings (SSSR count). The first kappa shape index (κ1) is 17.7. The number of anilines is 1. The van der Waals surface area contributed by atoms with Crippen molar-refractivity contribution in [3.8, 4) is 0 Å². The Balaban J connectivity index is 1.95. The van der Waals surface area contributed by atoms with E-state index in [1.54, 1.807) is 0 Å². The number of amides is 1. The predicted octanol–water partition coefficient (Wildman–Crippen LogP) is 2.74. The van der Waals surface area contributed by atoms with Gasteiger partial charge < -0.3 is 20.4 Å². The molecule has 6 nitrogen and oxygen atoms in total. The lowest BCUT2D eigenvalue weighted by molar-refractivity contribution is 0.105. The number of nitrogens with zero attached hydrogens (tertiary/aromatic N) is 2. The Hall–Kier alpha value is -1.60. The molecule has 1 unspecified atom stereocenters. The summed E-state index contributed by atoms with van der Waals surface area (Å²) < 4.78 is 14.3. The maximum Gasteiger partial charge on any atom is 0.407 e. The molecule has 0 bridgehead atoms. The summed E-state index contributed by atoms with van der Waals surface area (Å²) in [6, 6.07) is -0.0546. The number of halogens is 2. The first-order valence-corrected chi connectivity index (χ1v) is 8.09. The molecule has 1 aliphatic rings. The van der Waals surface area contributed by atoms with Gasteiger partial charge in [-0.25, -0.2) is 14.2 Å². The van der Waals surface area contributed by atoms with Gasteiger partial charge in [0.1, 0.15) is 0 Å². The van der Waals surface area contributed by atoms with Gasteiger partial charge in [0.15, 0.2) is 11.6 Å². The summed E-state index contributed by atoms with van der Waals surface area (Å²) >= 11 is 5.88. The molecule has 3 N–H and O–H groups in total. The van der Waals surface area contributed by atoms with Gasteiger partial charge in [-0.1, -0.05) is 11.6 Å². The minimum atomic E-state index is -0.907. The van der Waals surface area contributed by atoms with Crippen molar-refractivity contribution < 1.29 is 19.4 Å². The smallest absolute Gasteiger partial charge is 0.407 e. The first-order chi connectivity index (χ1) is 11.0. The second-order valence-corrected chi connectivity index (χ2v) is 5.97. The molecule has 1 atom stereocenters. The highest BCUT2D eigenvalue weighted by molar-refractivity contribution is 6.31. The van der Waals surface area contributed by atoms with E-state index in [2.05, 4.69) is 10.3 Å². The van der Waals surface area contributed by atoms with E-state index in [1.807, 2.05) is 0 Å². The second kappa shape index (κ2) is 8.31. The number of rotatable bonds is 6. The lowest BCUT2D eigenvalue weighted by atomic mass is 10.00. The van der Waals surface area contributed by atoms with Gasteiger partial charge in [-0.05, 0) is 25.7 Å². The fourth-order valence-electron chi connectivity index (χ4n) is 2.88. The second-order valence-electron chi connectivity index (χ2n) is 5.56. The van der Waals surface area contributed by atoms with Gasteiger partial charge in [-0.15, -0.1) is 0 Å². The third kappa shape index (κ3) is 4.45. The molecular formula is C15H21ClFN3O3. The maximum atomic E-state index is 14.3. The molecule has 1 aromatic rings. The minimum Gasteiger partial charge on any atom is -0.465 e. The topological polar surface area (TPSA) is 85.7 Å². The number of carbonyl (C=O) groups is 1. The Labute approximate surface area is 139 Å². The van der Waals surface area contributed by atoms with Crippen LogP contribution in [0.1, 0.15) is 31.2 Å². The van der Waals surface area contributed by atoms with Crippen molar-refractivity contribution in [3.63, 3.8) is 0 Å². The lowest BCUT2D eigenvalue weighted by Gasteiger charge is -2.33. The van der Waals surface area contributed by atoms with Gasteiger partial charge in [-0.3, -0.25) is 0 Å². The normalized spacial score (nSPS) is 18.0. The molecule has 1 amide bonds. The molecule has 0 saturated carbocycles. The van der Waals surface area contributed by atoms with Crippen LogP contribution in [-0.2, 0) is 6.42 Å². The van der Waals surface area contributed by atoms with Gasteiger partial charge in [0.05, 0.1) is 5.02 Å². The highest BCUT2D eigenvalue weighted by Crippen LogP contribution is 2.24. The highest BCUT2D eigenvalue weighted by atomic mass is 35.5. The number of aliphatic hydroxyl groups excluding tert-OH is 1. The molecule has 1 aliphatic heterocycles. The molecule has 128 valence electrons. The molecule has 2 heterocycles. The van der Waals surface area contributed by atoms with E-state index in [4.69, 9.17) is 16.7 Å². The number of hydrogen-bond donors (Lipinski definition) is 3. The number of pyridine rings is 1. The van der Waals surface area contributed by atoms with Crippen LogP contribution in [0.2, 0.25) is 5.02 Å². The third-order valence-electron chi connectivity index (χ3n) is 4.07. The van der Waals surface area contributed by atoms with Crippen molar-refractivity contribution >= 4 is 23.5 Å². The van der Waals surface area contributed by atoms with Crippen LogP contribution in [-0.4, -0.2) is 51.9 Å². The fraction of sp³-hybridized carbons (Fsp3) is 0.600. The Morgan fingerprint density at radius 3 is 3.00 bits per heavy atom. The summed E-state index contributed by atoms with van der Waals surface area (Å²) in [7, 11) is 0. The lowest BCUT2D eigenvalue weighted by Crippen LogP contribution is -2.43. The Morgan fingerprint density at radius 2 is 2.30 bits per heavy atom. The maximum absolute atomic E-state index is 14.3. The summed E-state index contributed by atoms with van der Waals surface area (Å²) in [4.78, 5) is 16.6. The summed E-state index contributed by atoms with van der Waals surface area (Å²) in [5.41, 5.74) is 0.233. The Bertz CT molecular complexity index is 559. The monoisotopic (exact) mass is 345 g/mol. The van der Waals surface area contributed by atoms with Crippen LogP contribution in [0.3, 0.4) is 0 Å². The van der Waals surface area contributed by atoms with Crippen LogP contribution in [0, 0.1) is 5.82 Å². The van der Waals surface area contributed by atoms with E-state index in [0.29, 0.717) is 19.5 Å². The number of hydrogen-bond acceptors (Lipinski definition) is 4. The largest absolute Gasteiger partial charge is 0.465 e. The molecule has 23 heavy (non-hydrogen) atoms. The quantitative estimate of drug-likeness (QED) is 0.738. The zero-order chi connectivity index (χ0) is 16.8. The van der Waals surface area contributed by atoms with Crippen LogP contribution in [0.4, 0.5) is 15.0 Å². The van der Waals surface area contributed by atoms with E-state index in [0.717, 1.165) is 19.3 Å². The minimum absolute atomic E-state index is 0.0546. The highest BCUT2D eigenvalue weighted by Gasteiger charge is 2.26. The summed E-state index contributed by atoms with van der Waals surface area (Å²) in [6.45, 7) is 0.766. The van der Waals surface area contributed by atoms with Crippen molar-refractivity contribution in [3.05, 3.63) is 22.6 Å². The molecule has 0 radical (unpaired) electrons. The van der Waals surface area contributed by atoms with E-state index < -0.39 is 11.9 Å². The van der Waals surface area contributed by atoms with Crippen molar-refractivity contribution in [1.29, 1.82) is 0 Å². The van der Waals surface area contributed by atoms with Crippen molar-refractivity contribution in [2.45, 2.75) is 38.1 Å². The number of aromatic nitrogens is 1. The van der Waals surface area contributed by atoms with Crippen LogP contribution in [0.25, 0.3) is 0 Å². The zero-order valence-electron chi connectivity index (χ0n) is 12.8. The number of piperidine rings is 1. The van der Waals surface area contributed by atoms with Crippen molar-refractivity contribution in [2.75, 3.05) is 25.0 Å². The van der Waals surface area contributed by atoms with E-state index in [1.165, 1.54) is 11.1 Å². The summed E-state index contributed by atoms with van der Waals surface area (Å²) in [5, 5.41) is 21.2. The first-order valence-electron chi connectivity index (χ1n) is 7.71. The average Bonchev–Trinajstić information content (AvgIpc) is 2.54. The Kier molecular flexibility index (Phi) is 6.41. The molecule has 0 spiro atoms. The van der Waals surface area contributed by atoms with Crippen molar-refractivity contribution in [2.24, 2.45) is 0 Å². The zero-order valence-corrected chi connectivity index (χ0v) is 13.5. The van der Waals surface area contributed by atoms with Crippen LogP contribution in [0.5, 0.6) is 0 Å². The van der Waals surface area contributed by atoms with Gasteiger partial charge in [-0.2, -0.15) is 0 Å². The van der Waals surface area contributed by atoms with Crippen LogP contribution in [0.15, 0.2) is 6.20 Å². The number of carboxylic acid groups (broad SMARTS) is 1. The molecule has 0 aliphatic carbocycles. The summed E-state index contributed by atoms with van der Waals surface area (Å²) in [6.07, 6.45) is 3.86. The number of nitrogens with one attached hydrogen (secondary N) is 1. The van der Waals surface area contributed by atoms with Gasteiger partial charge >= 0.3 is 6.09 Å². The van der Waals surface area contributed by atoms with Gasteiger partial charge in [0, 0.05) is 43.9 Å². The molecule has 1 saturated heterocycles. The number of aliphatic hydroxyl groups is 1. The predicted molar refractivity (Wildman–Crippen MR) is 85.5 cm³/mol. The number of likely N-dealkylation sites (tertiary alicyclic amines) is 1. The van der Waals surface area contributed by atoms with Gasteiger partial charge in [0.2, 0.25) is 0 Å². The van der Waals surface area contributed by atoms with E-state index in [9.17, 15) is 14.3 Å². The standard InChI is InChI=1S/C15H21ClFN3O3/c16-12-9-19-14(13(17)11(12)5-8-21)18-6-4-10-3-1-2-7-20(10)15(22)23/h9-10,21H,1-8H2,(H,18,19)(H,22,23). The van der Waals surface area contributed by atoms with Gasteiger partial charge in [0.25, 0.3) is 0 Å².